The number of rotatable bonds is 5. The SMILES string of the molecule is Clc1ccc(NCC2CCNCC2)cc1-c1ccnc2[nH]c(C3=CCNC3)cc12. The summed E-state index contributed by atoms with van der Waals surface area (Å²) in [5, 5.41) is 12.3. The van der Waals surface area contributed by atoms with Gasteiger partial charge in [-0.05, 0) is 73.3 Å². The normalized spacial score (nSPS) is 17.6. The van der Waals surface area contributed by atoms with Gasteiger partial charge in [-0.3, -0.25) is 0 Å². The fourth-order valence-electron chi connectivity index (χ4n) is 4.30. The van der Waals surface area contributed by atoms with Crippen molar-refractivity contribution in [2.24, 2.45) is 5.92 Å². The van der Waals surface area contributed by atoms with Crippen molar-refractivity contribution in [2.45, 2.75) is 12.8 Å². The van der Waals surface area contributed by atoms with Crippen molar-refractivity contribution in [3.8, 4) is 11.1 Å². The lowest BCUT2D eigenvalue weighted by Gasteiger charge is -2.23. The molecule has 1 aromatic carbocycles. The van der Waals surface area contributed by atoms with Crippen LogP contribution in [0.25, 0.3) is 27.7 Å². The predicted molar refractivity (Wildman–Crippen MR) is 121 cm³/mol. The lowest BCUT2D eigenvalue weighted by atomic mass is 9.98. The lowest BCUT2D eigenvalue weighted by Crippen LogP contribution is -2.31. The predicted octanol–water partition coefficient (Wildman–Crippen LogP) is 4.28. The van der Waals surface area contributed by atoms with Crippen LogP contribution in [0.4, 0.5) is 5.69 Å². The minimum atomic E-state index is 0.725. The van der Waals surface area contributed by atoms with E-state index in [1.165, 1.54) is 18.4 Å². The maximum Gasteiger partial charge on any atom is 0.138 e. The molecule has 29 heavy (non-hydrogen) atoms. The molecule has 2 aromatic heterocycles. The molecule has 1 saturated heterocycles. The number of fused-ring (bicyclic) bond motifs is 1. The third-order valence-corrected chi connectivity index (χ3v) is 6.33. The third kappa shape index (κ3) is 3.90. The van der Waals surface area contributed by atoms with Crippen LogP contribution < -0.4 is 16.0 Å². The Morgan fingerprint density at radius 3 is 2.79 bits per heavy atom. The standard InChI is InChI=1S/C23H26ClN5/c24-21-2-1-17(28-13-15-3-7-25-8-4-15)11-19(21)18-6-10-27-23-20(18)12-22(29-23)16-5-9-26-14-16/h1-2,5-6,10-12,15,25-26,28H,3-4,7-9,13-14H2,(H,27,29). The molecule has 150 valence electrons. The van der Waals surface area contributed by atoms with Crippen LogP contribution in [0.2, 0.25) is 5.02 Å². The van der Waals surface area contributed by atoms with Crippen LogP contribution in [-0.2, 0) is 0 Å². The molecule has 2 aliphatic rings. The average Bonchev–Trinajstić information content (AvgIpc) is 3.43. The Bertz CT molecular complexity index is 1050. The highest BCUT2D eigenvalue weighted by Gasteiger charge is 2.16. The summed E-state index contributed by atoms with van der Waals surface area (Å²) in [7, 11) is 0. The molecular weight excluding hydrogens is 382 g/mol. The highest BCUT2D eigenvalue weighted by molar-refractivity contribution is 6.33. The van der Waals surface area contributed by atoms with E-state index in [1.807, 2.05) is 12.3 Å². The Hall–Kier alpha value is -2.34. The second-order valence-corrected chi connectivity index (χ2v) is 8.34. The summed E-state index contributed by atoms with van der Waals surface area (Å²) in [6.45, 7) is 5.05. The number of piperidine rings is 1. The summed E-state index contributed by atoms with van der Waals surface area (Å²) in [4.78, 5) is 8.01. The van der Waals surface area contributed by atoms with E-state index in [9.17, 15) is 0 Å². The largest absolute Gasteiger partial charge is 0.385 e. The Kier molecular flexibility index (Phi) is 5.27. The molecule has 0 radical (unpaired) electrons. The molecule has 0 saturated carbocycles. The number of aromatic amines is 1. The van der Waals surface area contributed by atoms with E-state index in [2.05, 4.69) is 56.3 Å². The fourth-order valence-corrected chi connectivity index (χ4v) is 4.52. The van der Waals surface area contributed by atoms with Crippen LogP contribution in [0.1, 0.15) is 18.5 Å². The molecule has 0 bridgehead atoms. The number of benzene rings is 1. The first kappa shape index (κ1) is 18.7. The minimum Gasteiger partial charge on any atom is -0.385 e. The minimum absolute atomic E-state index is 0.725. The summed E-state index contributed by atoms with van der Waals surface area (Å²) in [5.41, 5.74) is 6.58. The molecule has 0 amide bonds. The van der Waals surface area contributed by atoms with Crippen LogP contribution in [-0.4, -0.2) is 42.7 Å². The van der Waals surface area contributed by atoms with E-state index in [4.69, 9.17) is 11.6 Å². The molecule has 0 spiro atoms. The van der Waals surface area contributed by atoms with Gasteiger partial charge in [-0.25, -0.2) is 4.98 Å². The van der Waals surface area contributed by atoms with Gasteiger partial charge < -0.3 is 20.9 Å². The van der Waals surface area contributed by atoms with Gasteiger partial charge in [-0.15, -0.1) is 0 Å². The monoisotopic (exact) mass is 407 g/mol. The number of aromatic nitrogens is 2. The van der Waals surface area contributed by atoms with Gasteiger partial charge in [0, 0.05) is 53.2 Å². The Morgan fingerprint density at radius 2 is 1.97 bits per heavy atom. The van der Waals surface area contributed by atoms with E-state index >= 15 is 0 Å². The second kappa shape index (κ2) is 8.19. The summed E-state index contributed by atoms with van der Waals surface area (Å²) >= 11 is 6.63. The Labute approximate surface area is 175 Å². The van der Waals surface area contributed by atoms with Gasteiger partial charge in [0.05, 0.1) is 0 Å². The molecule has 0 unspecified atom stereocenters. The number of anilines is 1. The van der Waals surface area contributed by atoms with E-state index in [0.29, 0.717) is 0 Å². The highest BCUT2D eigenvalue weighted by Crippen LogP contribution is 2.36. The number of H-pyrrole nitrogens is 1. The first-order valence-electron chi connectivity index (χ1n) is 10.4. The van der Waals surface area contributed by atoms with Crippen molar-refractivity contribution in [2.75, 3.05) is 38.0 Å². The van der Waals surface area contributed by atoms with Crippen molar-refractivity contribution in [3.05, 3.63) is 53.3 Å². The molecule has 5 nitrogen and oxygen atoms in total. The molecular formula is C23H26ClN5. The number of nitrogens with zero attached hydrogens (tertiary/aromatic N) is 1. The summed E-state index contributed by atoms with van der Waals surface area (Å²) in [6.07, 6.45) is 6.54. The number of halogens is 1. The van der Waals surface area contributed by atoms with Crippen LogP contribution in [0.5, 0.6) is 0 Å². The molecule has 6 heteroatoms. The zero-order valence-corrected chi connectivity index (χ0v) is 17.1. The quantitative estimate of drug-likeness (QED) is 0.509. The van der Waals surface area contributed by atoms with Gasteiger partial charge in [-0.2, -0.15) is 0 Å². The van der Waals surface area contributed by atoms with E-state index < -0.39 is 0 Å². The summed E-state index contributed by atoms with van der Waals surface area (Å²) in [6, 6.07) is 10.5. The number of pyridine rings is 1. The Morgan fingerprint density at radius 1 is 1.07 bits per heavy atom. The van der Waals surface area contributed by atoms with Crippen LogP contribution in [0.15, 0.2) is 42.6 Å². The molecule has 2 aliphatic heterocycles. The molecule has 4 N–H and O–H groups in total. The summed E-state index contributed by atoms with van der Waals surface area (Å²) in [5.74, 6) is 0.725. The number of hydrogen-bond donors (Lipinski definition) is 4. The molecule has 3 aromatic rings. The Balaban J connectivity index is 1.45. The van der Waals surface area contributed by atoms with Gasteiger partial charge in [0.25, 0.3) is 0 Å². The number of hydrogen-bond acceptors (Lipinski definition) is 4. The zero-order chi connectivity index (χ0) is 19.6. The molecule has 0 atom stereocenters. The molecule has 0 aliphatic carbocycles. The van der Waals surface area contributed by atoms with Gasteiger partial charge in [0.15, 0.2) is 0 Å². The second-order valence-electron chi connectivity index (χ2n) is 7.93. The first-order valence-corrected chi connectivity index (χ1v) is 10.8. The van der Waals surface area contributed by atoms with Gasteiger partial charge in [0.2, 0.25) is 0 Å². The van der Waals surface area contributed by atoms with E-state index in [0.717, 1.165) is 77.2 Å². The van der Waals surface area contributed by atoms with Crippen molar-refractivity contribution < 1.29 is 0 Å². The number of nitrogens with one attached hydrogen (secondary N) is 4. The average molecular weight is 408 g/mol. The molecule has 5 rings (SSSR count). The van der Waals surface area contributed by atoms with E-state index in [1.54, 1.807) is 0 Å². The zero-order valence-electron chi connectivity index (χ0n) is 16.4. The van der Waals surface area contributed by atoms with Crippen LogP contribution in [0, 0.1) is 5.92 Å². The maximum atomic E-state index is 6.63. The van der Waals surface area contributed by atoms with Crippen molar-refractivity contribution >= 4 is 33.9 Å². The molecule has 1 fully saturated rings. The van der Waals surface area contributed by atoms with Crippen molar-refractivity contribution in [1.82, 2.24) is 20.6 Å². The van der Waals surface area contributed by atoms with Crippen LogP contribution >= 0.6 is 11.6 Å². The summed E-state index contributed by atoms with van der Waals surface area (Å²) < 4.78 is 0. The van der Waals surface area contributed by atoms with Gasteiger partial charge in [-0.1, -0.05) is 17.7 Å². The maximum absolute atomic E-state index is 6.63. The first-order chi connectivity index (χ1) is 14.3. The highest BCUT2D eigenvalue weighted by atomic mass is 35.5. The van der Waals surface area contributed by atoms with Crippen molar-refractivity contribution in [3.63, 3.8) is 0 Å². The van der Waals surface area contributed by atoms with E-state index in [-0.39, 0.29) is 0 Å². The molecule has 4 heterocycles. The topological polar surface area (TPSA) is 64.8 Å². The van der Waals surface area contributed by atoms with Crippen molar-refractivity contribution in [1.29, 1.82) is 0 Å². The van der Waals surface area contributed by atoms with Gasteiger partial charge >= 0.3 is 0 Å². The van der Waals surface area contributed by atoms with Crippen LogP contribution in [0.3, 0.4) is 0 Å². The smallest absolute Gasteiger partial charge is 0.138 e. The van der Waals surface area contributed by atoms with Gasteiger partial charge in [0.1, 0.15) is 5.65 Å². The fraction of sp³-hybridized carbons (Fsp3) is 0.348. The lowest BCUT2D eigenvalue weighted by molar-refractivity contribution is 0.390. The third-order valence-electron chi connectivity index (χ3n) is 6.00.